The average molecular weight is 174 g/mol. The van der Waals surface area contributed by atoms with E-state index in [0.717, 1.165) is 13.1 Å². The molecule has 0 rings (SSSR count). The number of quaternary nitrogens is 1. The summed E-state index contributed by atoms with van der Waals surface area (Å²) in [5, 5.41) is 2.17. The number of hydrogen-bond donors (Lipinski definition) is 1. The van der Waals surface area contributed by atoms with Crippen LogP contribution in [-0.2, 0) is 9.53 Å². The highest BCUT2D eigenvalue weighted by Gasteiger charge is 2.13. The molecular formula is C9H20NO2+. The fraction of sp³-hybridized carbons (Fsp3) is 0.889. The van der Waals surface area contributed by atoms with Gasteiger partial charge in [0.2, 0.25) is 0 Å². The lowest BCUT2D eigenvalue weighted by Gasteiger charge is -2.06. The van der Waals surface area contributed by atoms with Crippen LogP contribution in [0.4, 0.5) is 0 Å². The number of nitrogens with two attached hydrogens (primary N) is 1. The molecule has 3 heteroatoms. The highest BCUT2D eigenvalue weighted by Crippen LogP contribution is 1.92. The fourth-order valence-corrected chi connectivity index (χ4v) is 1.01. The number of carbonyl (C=O) groups excluding carboxylic acids is 1. The van der Waals surface area contributed by atoms with Gasteiger partial charge in [-0.3, -0.25) is 4.79 Å². The fourth-order valence-electron chi connectivity index (χ4n) is 1.01. The SMILES string of the molecule is CCCC[NH2+]C[C@H](C)C(=O)OC. The van der Waals surface area contributed by atoms with Gasteiger partial charge in [-0.05, 0) is 13.3 Å². The third-order valence-electron chi connectivity index (χ3n) is 1.89. The molecule has 0 aromatic heterocycles. The summed E-state index contributed by atoms with van der Waals surface area (Å²) in [5.41, 5.74) is 0. The molecule has 72 valence electrons. The summed E-state index contributed by atoms with van der Waals surface area (Å²) in [6.45, 7) is 6.01. The maximum atomic E-state index is 10.9. The Morgan fingerprint density at radius 2 is 2.25 bits per heavy atom. The van der Waals surface area contributed by atoms with E-state index in [-0.39, 0.29) is 11.9 Å². The van der Waals surface area contributed by atoms with Crippen molar-refractivity contribution in [3.63, 3.8) is 0 Å². The van der Waals surface area contributed by atoms with Crippen LogP contribution in [0.5, 0.6) is 0 Å². The molecule has 3 nitrogen and oxygen atoms in total. The van der Waals surface area contributed by atoms with E-state index in [4.69, 9.17) is 0 Å². The van der Waals surface area contributed by atoms with Crippen molar-refractivity contribution in [2.24, 2.45) is 5.92 Å². The van der Waals surface area contributed by atoms with Crippen LogP contribution in [0.2, 0.25) is 0 Å². The molecule has 2 N–H and O–H groups in total. The van der Waals surface area contributed by atoms with E-state index in [0.29, 0.717) is 0 Å². The van der Waals surface area contributed by atoms with E-state index >= 15 is 0 Å². The minimum Gasteiger partial charge on any atom is -0.469 e. The monoisotopic (exact) mass is 174 g/mol. The normalized spacial score (nSPS) is 12.6. The van der Waals surface area contributed by atoms with Crippen LogP contribution in [0.1, 0.15) is 26.7 Å². The van der Waals surface area contributed by atoms with Crippen LogP contribution in [0, 0.1) is 5.92 Å². The van der Waals surface area contributed by atoms with Gasteiger partial charge >= 0.3 is 5.97 Å². The molecule has 0 aliphatic rings. The Balaban J connectivity index is 3.31. The molecule has 12 heavy (non-hydrogen) atoms. The van der Waals surface area contributed by atoms with E-state index in [9.17, 15) is 4.79 Å². The Morgan fingerprint density at radius 3 is 2.75 bits per heavy atom. The Bertz CT molecular complexity index is 126. The second-order valence-corrected chi connectivity index (χ2v) is 3.09. The number of methoxy groups -OCH3 is 1. The van der Waals surface area contributed by atoms with Crippen molar-refractivity contribution in [3.05, 3.63) is 0 Å². The van der Waals surface area contributed by atoms with Crippen molar-refractivity contribution in [2.45, 2.75) is 26.7 Å². The maximum absolute atomic E-state index is 10.9. The average Bonchev–Trinajstić information content (AvgIpc) is 2.10. The first-order valence-corrected chi connectivity index (χ1v) is 4.61. The molecule has 0 radical (unpaired) electrons. The zero-order chi connectivity index (χ0) is 9.40. The maximum Gasteiger partial charge on any atom is 0.314 e. The topological polar surface area (TPSA) is 42.9 Å². The summed E-state index contributed by atoms with van der Waals surface area (Å²) in [5.74, 6) is -0.0883. The van der Waals surface area contributed by atoms with Gasteiger partial charge in [0.05, 0.1) is 20.2 Å². The molecule has 0 heterocycles. The molecule has 0 aromatic carbocycles. The number of ether oxygens (including phenoxy) is 1. The largest absolute Gasteiger partial charge is 0.469 e. The molecule has 0 saturated carbocycles. The zero-order valence-corrected chi connectivity index (χ0v) is 8.30. The van der Waals surface area contributed by atoms with E-state index in [2.05, 4.69) is 17.0 Å². The molecule has 0 amide bonds. The molecular weight excluding hydrogens is 154 g/mol. The Morgan fingerprint density at radius 1 is 1.58 bits per heavy atom. The van der Waals surface area contributed by atoms with Crippen molar-refractivity contribution in [2.75, 3.05) is 20.2 Å². The summed E-state index contributed by atoms with van der Waals surface area (Å²) in [4.78, 5) is 10.9. The molecule has 0 unspecified atom stereocenters. The van der Waals surface area contributed by atoms with E-state index in [1.165, 1.54) is 20.0 Å². The smallest absolute Gasteiger partial charge is 0.314 e. The minimum absolute atomic E-state index is 0.0202. The van der Waals surface area contributed by atoms with Crippen molar-refractivity contribution in [1.29, 1.82) is 0 Å². The van der Waals surface area contributed by atoms with Crippen LogP contribution < -0.4 is 5.32 Å². The van der Waals surface area contributed by atoms with Gasteiger partial charge in [-0.15, -0.1) is 0 Å². The van der Waals surface area contributed by atoms with Gasteiger partial charge < -0.3 is 10.1 Å². The number of esters is 1. The third-order valence-corrected chi connectivity index (χ3v) is 1.89. The Kier molecular flexibility index (Phi) is 6.76. The van der Waals surface area contributed by atoms with Crippen molar-refractivity contribution in [3.8, 4) is 0 Å². The van der Waals surface area contributed by atoms with Gasteiger partial charge in [0, 0.05) is 0 Å². The van der Waals surface area contributed by atoms with Crippen molar-refractivity contribution >= 4 is 5.97 Å². The van der Waals surface area contributed by atoms with Gasteiger partial charge in [-0.2, -0.15) is 0 Å². The zero-order valence-electron chi connectivity index (χ0n) is 8.30. The van der Waals surface area contributed by atoms with Gasteiger partial charge in [0.1, 0.15) is 5.92 Å². The third kappa shape index (κ3) is 5.13. The van der Waals surface area contributed by atoms with Gasteiger partial charge in [0.25, 0.3) is 0 Å². The molecule has 0 saturated heterocycles. The summed E-state index contributed by atoms with van der Waals surface area (Å²) in [6.07, 6.45) is 2.43. The number of carbonyl (C=O) groups is 1. The Hall–Kier alpha value is -0.570. The van der Waals surface area contributed by atoms with Gasteiger partial charge in [-0.25, -0.2) is 0 Å². The first-order chi connectivity index (χ1) is 5.72. The first-order valence-electron chi connectivity index (χ1n) is 4.61. The predicted octanol–water partition coefficient (Wildman–Crippen LogP) is 0.159. The van der Waals surface area contributed by atoms with Crippen LogP contribution >= 0.6 is 0 Å². The molecule has 0 bridgehead atoms. The van der Waals surface area contributed by atoms with E-state index in [1.807, 2.05) is 6.92 Å². The Labute approximate surface area is 74.5 Å². The van der Waals surface area contributed by atoms with Crippen LogP contribution in [0.3, 0.4) is 0 Å². The van der Waals surface area contributed by atoms with Crippen LogP contribution in [0.15, 0.2) is 0 Å². The van der Waals surface area contributed by atoms with Gasteiger partial charge in [0.15, 0.2) is 0 Å². The van der Waals surface area contributed by atoms with Gasteiger partial charge in [-0.1, -0.05) is 13.3 Å². The second kappa shape index (κ2) is 7.10. The lowest BCUT2D eigenvalue weighted by molar-refractivity contribution is -0.658. The number of unbranched alkanes of at least 4 members (excludes halogenated alkanes) is 1. The summed E-state index contributed by atoms with van der Waals surface area (Å²) in [6, 6.07) is 0. The van der Waals surface area contributed by atoms with Crippen molar-refractivity contribution < 1.29 is 14.8 Å². The molecule has 0 aliphatic heterocycles. The number of hydrogen-bond acceptors (Lipinski definition) is 2. The quantitative estimate of drug-likeness (QED) is 0.460. The van der Waals surface area contributed by atoms with Crippen LogP contribution in [0.25, 0.3) is 0 Å². The summed E-state index contributed by atoms with van der Waals surface area (Å²) >= 11 is 0. The molecule has 0 spiro atoms. The highest BCUT2D eigenvalue weighted by atomic mass is 16.5. The summed E-state index contributed by atoms with van der Waals surface area (Å²) in [7, 11) is 1.44. The van der Waals surface area contributed by atoms with E-state index < -0.39 is 0 Å². The van der Waals surface area contributed by atoms with E-state index in [1.54, 1.807) is 0 Å². The molecule has 0 fully saturated rings. The molecule has 0 aliphatic carbocycles. The number of rotatable bonds is 6. The highest BCUT2D eigenvalue weighted by molar-refractivity contribution is 5.71. The predicted molar refractivity (Wildman–Crippen MR) is 47.7 cm³/mol. The molecule has 1 atom stereocenters. The minimum atomic E-state index is -0.109. The van der Waals surface area contributed by atoms with Crippen molar-refractivity contribution in [1.82, 2.24) is 0 Å². The standard InChI is InChI=1S/C9H19NO2/c1-4-5-6-10-7-8(2)9(11)12-3/h8,10H,4-7H2,1-3H3/p+1/t8-/m0/s1. The lowest BCUT2D eigenvalue weighted by atomic mass is 10.2. The first kappa shape index (κ1) is 11.4. The van der Waals surface area contributed by atoms with Crippen LogP contribution in [-0.4, -0.2) is 26.2 Å². The second-order valence-electron chi connectivity index (χ2n) is 3.09. The summed E-state index contributed by atoms with van der Waals surface area (Å²) < 4.78 is 4.61. The molecule has 0 aromatic rings. The lowest BCUT2D eigenvalue weighted by Crippen LogP contribution is -2.85.